The largest absolute Gasteiger partial charge is 0.388 e. The molecule has 2 rings (SSSR count). The van der Waals surface area contributed by atoms with E-state index in [9.17, 15) is 5.11 Å². The molecule has 2 atom stereocenters. The van der Waals surface area contributed by atoms with Crippen molar-refractivity contribution in [2.75, 3.05) is 6.54 Å². The van der Waals surface area contributed by atoms with E-state index in [4.69, 9.17) is 0 Å². The molecule has 0 unspecified atom stereocenters. The van der Waals surface area contributed by atoms with Crippen LogP contribution in [-0.4, -0.2) is 17.7 Å². The lowest BCUT2D eigenvalue weighted by Gasteiger charge is -2.14. The zero-order valence-electron chi connectivity index (χ0n) is 7.57. The van der Waals surface area contributed by atoms with E-state index in [-0.39, 0.29) is 6.10 Å². The maximum absolute atomic E-state index is 9.84. The van der Waals surface area contributed by atoms with Gasteiger partial charge < -0.3 is 10.4 Å². The number of thiophene rings is 1. The van der Waals surface area contributed by atoms with E-state index < -0.39 is 0 Å². The molecule has 3 heteroatoms. The fourth-order valence-electron chi connectivity index (χ4n) is 1.82. The Morgan fingerprint density at radius 1 is 1.69 bits per heavy atom. The Morgan fingerprint density at radius 2 is 2.62 bits per heavy atom. The molecule has 1 saturated heterocycles. The van der Waals surface area contributed by atoms with Crippen molar-refractivity contribution in [3.63, 3.8) is 0 Å². The Kier molecular flexibility index (Phi) is 2.98. The maximum Gasteiger partial charge on any atom is 0.0896 e. The van der Waals surface area contributed by atoms with Crippen molar-refractivity contribution < 1.29 is 5.11 Å². The molecule has 0 aliphatic carbocycles. The summed E-state index contributed by atoms with van der Waals surface area (Å²) in [6.07, 6.45) is 3.06. The van der Waals surface area contributed by atoms with Crippen molar-refractivity contribution in [1.82, 2.24) is 5.32 Å². The smallest absolute Gasteiger partial charge is 0.0896 e. The van der Waals surface area contributed by atoms with Gasteiger partial charge in [-0.05, 0) is 37.3 Å². The number of aliphatic hydroxyl groups excluding tert-OH is 1. The predicted octanol–water partition coefficient (Wildman–Crippen LogP) is 1.92. The highest BCUT2D eigenvalue weighted by Gasteiger charge is 2.19. The first-order valence-corrected chi connectivity index (χ1v) is 5.69. The quantitative estimate of drug-likeness (QED) is 0.776. The molecule has 1 fully saturated rings. The summed E-state index contributed by atoms with van der Waals surface area (Å²) in [5, 5.41) is 15.2. The van der Waals surface area contributed by atoms with E-state index >= 15 is 0 Å². The zero-order valence-corrected chi connectivity index (χ0v) is 8.39. The van der Waals surface area contributed by atoms with Gasteiger partial charge in [0.2, 0.25) is 0 Å². The molecule has 2 nitrogen and oxygen atoms in total. The molecule has 0 bridgehead atoms. The molecular weight excluding hydrogens is 182 g/mol. The Balaban J connectivity index is 1.87. The van der Waals surface area contributed by atoms with Gasteiger partial charge in [0, 0.05) is 10.9 Å². The van der Waals surface area contributed by atoms with E-state index in [1.807, 2.05) is 17.5 Å². The molecule has 1 aromatic rings. The molecule has 0 saturated carbocycles. The molecule has 0 spiro atoms. The third kappa shape index (κ3) is 2.30. The molecule has 2 N–H and O–H groups in total. The van der Waals surface area contributed by atoms with Crippen LogP contribution in [0, 0.1) is 0 Å². The van der Waals surface area contributed by atoms with Gasteiger partial charge in [-0.3, -0.25) is 0 Å². The summed E-state index contributed by atoms with van der Waals surface area (Å²) in [4.78, 5) is 1.09. The Hall–Kier alpha value is -0.380. The minimum absolute atomic E-state index is 0.268. The second-order valence-electron chi connectivity index (χ2n) is 3.56. The SMILES string of the molecule is O[C@@H](C[C@@H]1CCCN1)c1cccs1. The molecule has 0 aromatic carbocycles. The molecule has 1 aromatic heterocycles. The topological polar surface area (TPSA) is 32.3 Å². The lowest BCUT2D eigenvalue weighted by molar-refractivity contribution is 0.158. The first kappa shape index (κ1) is 9.19. The zero-order chi connectivity index (χ0) is 9.10. The Labute approximate surface area is 82.6 Å². The summed E-state index contributed by atoms with van der Waals surface area (Å²) < 4.78 is 0. The molecule has 0 amide bonds. The molecule has 0 radical (unpaired) electrons. The first-order chi connectivity index (χ1) is 6.36. The van der Waals surface area contributed by atoms with Crippen LogP contribution in [0.1, 0.15) is 30.2 Å². The van der Waals surface area contributed by atoms with Crippen LogP contribution >= 0.6 is 11.3 Å². The highest BCUT2D eigenvalue weighted by Crippen LogP contribution is 2.25. The van der Waals surface area contributed by atoms with Gasteiger partial charge >= 0.3 is 0 Å². The maximum atomic E-state index is 9.84. The van der Waals surface area contributed by atoms with Gasteiger partial charge in [-0.25, -0.2) is 0 Å². The molecule has 1 aliphatic rings. The first-order valence-electron chi connectivity index (χ1n) is 4.81. The highest BCUT2D eigenvalue weighted by atomic mass is 32.1. The Bertz CT molecular complexity index is 241. The van der Waals surface area contributed by atoms with Crippen LogP contribution in [0.4, 0.5) is 0 Å². The van der Waals surface area contributed by atoms with Gasteiger partial charge in [0.25, 0.3) is 0 Å². The van der Waals surface area contributed by atoms with E-state index in [0.717, 1.165) is 17.8 Å². The van der Waals surface area contributed by atoms with E-state index in [1.165, 1.54) is 12.8 Å². The lowest BCUT2D eigenvalue weighted by Crippen LogP contribution is -2.23. The minimum atomic E-state index is -0.268. The highest BCUT2D eigenvalue weighted by molar-refractivity contribution is 7.10. The third-order valence-electron chi connectivity index (χ3n) is 2.54. The summed E-state index contributed by atoms with van der Waals surface area (Å²) in [7, 11) is 0. The fourth-order valence-corrected chi connectivity index (χ4v) is 2.55. The number of aliphatic hydroxyl groups is 1. The van der Waals surface area contributed by atoms with E-state index in [2.05, 4.69) is 5.32 Å². The van der Waals surface area contributed by atoms with Crippen LogP contribution in [0.3, 0.4) is 0 Å². The lowest BCUT2D eigenvalue weighted by atomic mass is 10.1. The summed E-state index contributed by atoms with van der Waals surface area (Å²) in [5.41, 5.74) is 0. The second kappa shape index (κ2) is 4.22. The van der Waals surface area contributed by atoms with Crippen LogP contribution in [0.5, 0.6) is 0 Å². The summed E-state index contributed by atoms with van der Waals surface area (Å²) in [6.45, 7) is 1.11. The number of rotatable bonds is 3. The van der Waals surface area contributed by atoms with Crippen LogP contribution < -0.4 is 5.32 Å². The second-order valence-corrected chi connectivity index (χ2v) is 4.54. The fraction of sp³-hybridized carbons (Fsp3) is 0.600. The standard InChI is InChI=1S/C10H15NOS/c12-9(10-4-2-6-13-10)7-8-3-1-5-11-8/h2,4,6,8-9,11-12H,1,3,5,7H2/t8-,9-/m0/s1. The van der Waals surface area contributed by atoms with Crippen LogP contribution in [-0.2, 0) is 0 Å². The van der Waals surface area contributed by atoms with Gasteiger partial charge in [-0.2, -0.15) is 0 Å². The van der Waals surface area contributed by atoms with Gasteiger partial charge in [-0.15, -0.1) is 11.3 Å². The van der Waals surface area contributed by atoms with Crippen LogP contribution in [0.15, 0.2) is 17.5 Å². The van der Waals surface area contributed by atoms with Crippen LogP contribution in [0.2, 0.25) is 0 Å². The van der Waals surface area contributed by atoms with Gasteiger partial charge in [-0.1, -0.05) is 6.07 Å². The average molecular weight is 197 g/mol. The molecule has 1 aliphatic heterocycles. The van der Waals surface area contributed by atoms with Crippen molar-refractivity contribution in [3.05, 3.63) is 22.4 Å². The summed E-state index contributed by atoms with van der Waals surface area (Å²) >= 11 is 1.64. The summed E-state index contributed by atoms with van der Waals surface area (Å²) in [5.74, 6) is 0. The minimum Gasteiger partial charge on any atom is -0.388 e. The Morgan fingerprint density at radius 3 is 3.23 bits per heavy atom. The molecule has 72 valence electrons. The average Bonchev–Trinajstić information content (AvgIpc) is 2.74. The van der Waals surface area contributed by atoms with E-state index in [1.54, 1.807) is 11.3 Å². The number of hydrogen-bond acceptors (Lipinski definition) is 3. The van der Waals surface area contributed by atoms with E-state index in [0.29, 0.717) is 6.04 Å². The monoisotopic (exact) mass is 197 g/mol. The molecule has 2 heterocycles. The van der Waals surface area contributed by atoms with Crippen molar-refractivity contribution in [2.45, 2.75) is 31.4 Å². The van der Waals surface area contributed by atoms with Crippen molar-refractivity contribution in [3.8, 4) is 0 Å². The van der Waals surface area contributed by atoms with Crippen molar-refractivity contribution in [1.29, 1.82) is 0 Å². The number of hydrogen-bond donors (Lipinski definition) is 2. The van der Waals surface area contributed by atoms with Gasteiger partial charge in [0.1, 0.15) is 0 Å². The predicted molar refractivity (Wildman–Crippen MR) is 54.9 cm³/mol. The molecular formula is C10H15NOS. The summed E-state index contributed by atoms with van der Waals surface area (Å²) in [6, 6.07) is 4.52. The van der Waals surface area contributed by atoms with Gasteiger partial charge in [0.15, 0.2) is 0 Å². The number of nitrogens with one attached hydrogen (secondary N) is 1. The van der Waals surface area contributed by atoms with Crippen molar-refractivity contribution in [2.24, 2.45) is 0 Å². The third-order valence-corrected chi connectivity index (χ3v) is 3.52. The normalized spacial score (nSPS) is 24.8. The van der Waals surface area contributed by atoms with Crippen LogP contribution in [0.25, 0.3) is 0 Å². The molecule has 13 heavy (non-hydrogen) atoms. The van der Waals surface area contributed by atoms with Gasteiger partial charge in [0.05, 0.1) is 6.10 Å². The van der Waals surface area contributed by atoms with Crippen molar-refractivity contribution >= 4 is 11.3 Å².